The van der Waals surface area contributed by atoms with Gasteiger partial charge in [-0.2, -0.15) is 0 Å². The quantitative estimate of drug-likeness (QED) is 0.0315. The van der Waals surface area contributed by atoms with Gasteiger partial charge in [-0.3, -0.25) is 4.79 Å². The first-order chi connectivity index (χ1) is 26.0. The fraction of sp³-hybridized carbons (Fsp3) is 0.894. The molecule has 0 aromatic carbocycles. The average Bonchev–Trinajstić information content (AvgIpc) is 3.16. The van der Waals surface area contributed by atoms with Crippen LogP contribution in [0.25, 0.3) is 0 Å². The van der Waals surface area contributed by atoms with Crippen LogP contribution in [0.4, 0.5) is 0 Å². The molecule has 0 spiro atoms. The average molecular weight is 750 g/mol. The topological polar surface area (TPSA) is 110 Å². The second-order valence-corrected chi connectivity index (χ2v) is 16.1. The van der Waals surface area contributed by atoms with Gasteiger partial charge in [-0.05, 0) is 57.8 Å². The smallest absolute Gasteiger partial charge is 0.249 e. The van der Waals surface area contributed by atoms with E-state index in [1.807, 2.05) is 0 Å². The van der Waals surface area contributed by atoms with Crippen molar-refractivity contribution in [2.45, 2.75) is 263 Å². The summed E-state index contributed by atoms with van der Waals surface area (Å²) in [7, 11) is 0. The third-order valence-electron chi connectivity index (χ3n) is 10.9. The Bertz CT molecular complexity index is 802. The molecule has 5 N–H and O–H groups in total. The van der Waals surface area contributed by atoms with Gasteiger partial charge >= 0.3 is 0 Å². The molecule has 0 aliphatic rings. The summed E-state index contributed by atoms with van der Waals surface area (Å²) in [5, 5.41) is 43.2. The highest BCUT2D eigenvalue weighted by molar-refractivity contribution is 5.80. The zero-order valence-corrected chi connectivity index (χ0v) is 35.3. The number of carbonyl (C=O) groups excluding carboxylic acids is 1. The van der Waals surface area contributed by atoms with Crippen molar-refractivity contribution in [1.29, 1.82) is 0 Å². The number of carbonyl (C=O) groups is 1. The number of nitrogens with one attached hydrogen (secondary N) is 1. The number of aliphatic hydroxyl groups is 4. The van der Waals surface area contributed by atoms with Crippen molar-refractivity contribution in [3.8, 4) is 0 Å². The lowest BCUT2D eigenvalue weighted by atomic mass is 10.00. The minimum atomic E-state index is -1.28. The molecule has 4 atom stereocenters. The normalized spacial score (nSPS) is 14.3. The van der Waals surface area contributed by atoms with Crippen LogP contribution < -0.4 is 5.32 Å². The summed E-state index contributed by atoms with van der Waals surface area (Å²) in [6, 6.07) is -0.996. The van der Waals surface area contributed by atoms with Crippen LogP contribution in [0.3, 0.4) is 0 Å². The number of rotatable bonds is 42. The zero-order valence-electron chi connectivity index (χ0n) is 35.3. The van der Waals surface area contributed by atoms with Crippen molar-refractivity contribution in [3.63, 3.8) is 0 Å². The van der Waals surface area contributed by atoms with Crippen molar-refractivity contribution >= 4 is 5.91 Å². The predicted molar refractivity (Wildman–Crippen MR) is 228 cm³/mol. The van der Waals surface area contributed by atoms with E-state index in [1.165, 1.54) is 167 Å². The summed E-state index contributed by atoms with van der Waals surface area (Å²) in [6.45, 7) is 3.92. The molecule has 0 saturated heterocycles. The standard InChI is InChI=1S/C47H91NO5/c1-3-5-7-9-11-12-13-14-15-16-17-18-19-20-21-22-23-24-25-26-27-28-29-30-31-32-33-34-35-37-39-41-45(51)47(53)48-43(42-49)46(52)44(50)40-38-36-10-8-6-4-2/h8,10,20-21,43-46,49-52H,3-7,9,11-19,22-42H2,1-2H3,(H,48,53)/b10-8+,21-20-. The first-order valence-electron chi connectivity index (χ1n) is 23.2. The molecule has 0 heterocycles. The van der Waals surface area contributed by atoms with E-state index in [4.69, 9.17) is 0 Å². The fourth-order valence-electron chi connectivity index (χ4n) is 7.17. The third kappa shape index (κ3) is 36.2. The maximum atomic E-state index is 12.4. The van der Waals surface area contributed by atoms with Crippen molar-refractivity contribution in [1.82, 2.24) is 5.32 Å². The lowest BCUT2D eigenvalue weighted by molar-refractivity contribution is -0.132. The number of aliphatic hydroxyl groups excluding tert-OH is 4. The van der Waals surface area contributed by atoms with Crippen LogP contribution in [0, 0.1) is 0 Å². The molecular formula is C47H91NO5. The molecule has 6 heteroatoms. The molecule has 0 aliphatic heterocycles. The molecule has 314 valence electrons. The summed E-state index contributed by atoms with van der Waals surface area (Å²) < 4.78 is 0. The van der Waals surface area contributed by atoms with Gasteiger partial charge in [-0.25, -0.2) is 0 Å². The van der Waals surface area contributed by atoms with Gasteiger partial charge in [0.25, 0.3) is 0 Å². The molecule has 1 amide bonds. The molecule has 4 unspecified atom stereocenters. The summed E-state index contributed by atoms with van der Waals surface area (Å²) in [5.41, 5.74) is 0. The highest BCUT2D eigenvalue weighted by atomic mass is 16.3. The Morgan fingerprint density at radius 2 is 0.811 bits per heavy atom. The first kappa shape index (κ1) is 51.8. The Balaban J connectivity index is 3.50. The Kier molecular flexibility index (Phi) is 41.0. The number of unbranched alkanes of at least 4 members (excludes halogenated alkanes) is 29. The summed E-state index contributed by atoms with van der Waals surface area (Å²) in [6.07, 6.45) is 48.6. The number of amides is 1. The van der Waals surface area contributed by atoms with Crippen LogP contribution in [0.15, 0.2) is 24.3 Å². The van der Waals surface area contributed by atoms with E-state index in [-0.39, 0.29) is 0 Å². The maximum Gasteiger partial charge on any atom is 0.249 e. The third-order valence-corrected chi connectivity index (χ3v) is 10.9. The molecule has 0 aliphatic carbocycles. The van der Waals surface area contributed by atoms with Gasteiger partial charge in [-0.15, -0.1) is 0 Å². The SMILES string of the molecule is CCC/C=C/CCCC(O)C(O)C(CO)NC(=O)C(O)CCCCCCCCCCCCCCCCC/C=C\CCCCCCCCCCCCCC. The second kappa shape index (κ2) is 41.9. The Morgan fingerprint density at radius 3 is 1.21 bits per heavy atom. The molecule has 0 radical (unpaired) electrons. The van der Waals surface area contributed by atoms with Gasteiger partial charge in [-0.1, -0.05) is 205 Å². The van der Waals surface area contributed by atoms with E-state index < -0.39 is 36.9 Å². The Morgan fingerprint density at radius 1 is 0.453 bits per heavy atom. The van der Waals surface area contributed by atoms with Crippen LogP contribution in [-0.2, 0) is 4.79 Å². The highest BCUT2D eigenvalue weighted by Crippen LogP contribution is 2.16. The monoisotopic (exact) mass is 750 g/mol. The molecule has 0 aromatic rings. The Hall–Kier alpha value is -1.21. The summed E-state index contributed by atoms with van der Waals surface area (Å²) in [4.78, 5) is 12.4. The van der Waals surface area contributed by atoms with Crippen LogP contribution in [0.5, 0.6) is 0 Å². The number of allylic oxidation sites excluding steroid dienone is 4. The lowest BCUT2D eigenvalue weighted by Crippen LogP contribution is -2.53. The fourth-order valence-corrected chi connectivity index (χ4v) is 7.17. The van der Waals surface area contributed by atoms with Gasteiger partial charge in [0.05, 0.1) is 18.8 Å². The molecule has 53 heavy (non-hydrogen) atoms. The molecule has 6 nitrogen and oxygen atoms in total. The molecule has 0 fully saturated rings. The maximum absolute atomic E-state index is 12.4. The van der Waals surface area contributed by atoms with E-state index in [1.54, 1.807) is 0 Å². The van der Waals surface area contributed by atoms with Crippen LogP contribution >= 0.6 is 0 Å². The predicted octanol–water partition coefficient (Wildman–Crippen LogP) is 12.4. The first-order valence-corrected chi connectivity index (χ1v) is 23.2. The minimum absolute atomic E-state index is 0.364. The van der Waals surface area contributed by atoms with Crippen LogP contribution in [0.1, 0.15) is 239 Å². The van der Waals surface area contributed by atoms with Crippen LogP contribution in [0.2, 0.25) is 0 Å². The van der Waals surface area contributed by atoms with E-state index in [0.29, 0.717) is 19.3 Å². The minimum Gasteiger partial charge on any atom is -0.394 e. The summed E-state index contributed by atoms with van der Waals surface area (Å²) >= 11 is 0. The van der Waals surface area contributed by atoms with E-state index in [0.717, 1.165) is 38.5 Å². The van der Waals surface area contributed by atoms with E-state index in [2.05, 4.69) is 43.5 Å². The van der Waals surface area contributed by atoms with Gasteiger partial charge in [0.1, 0.15) is 12.2 Å². The highest BCUT2D eigenvalue weighted by Gasteiger charge is 2.28. The lowest BCUT2D eigenvalue weighted by Gasteiger charge is -2.27. The molecule has 0 saturated carbocycles. The van der Waals surface area contributed by atoms with Crippen molar-refractivity contribution in [2.24, 2.45) is 0 Å². The summed E-state index contributed by atoms with van der Waals surface area (Å²) in [5.74, 6) is -0.596. The van der Waals surface area contributed by atoms with Crippen molar-refractivity contribution < 1.29 is 25.2 Å². The van der Waals surface area contributed by atoms with Gasteiger partial charge in [0, 0.05) is 0 Å². The molecule has 0 rings (SSSR count). The van der Waals surface area contributed by atoms with Crippen molar-refractivity contribution in [3.05, 3.63) is 24.3 Å². The van der Waals surface area contributed by atoms with Gasteiger partial charge in [0.2, 0.25) is 5.91 Å². The van der Waals surface area contributed by atoms with E-state index >= 15 is 0 Å². The molecular weight excluding hydrogens is 659 g/mol. The van der Waals surface area contributed by atoms with Gasteiger partial charge in [0.15, 0.2) is 0 Å². The van der Waals surface area contributed by atoms with Crippen LogP contribution in [-0.4, -0.2) is 57.3 Å². The number of hydrogen-bond acceptors (Lipinski definition) is 5. The molecule has 0 aromatic heterocycles. The molecule has 0 bridgehead atoms. The van der Waals surface area contributed by atoms with Crippen molar-refractivity contribution in [2.75, 3.05) is 6.61 Å². The Labute approximate surface area is 329 Å². The zero-order chi connectivity index (χ0) is 38.9. The second-order valence-electron chi connectivity index (χ2n) is 16.1. The van der Waals surface area contributed by atoms with Gasteiger partial charge < -0.3 is 25.7 Å². The largest absolute Gasteiger partial charge is 0.394 e. The number of hydrogen-bond donors (Lipinski definition) is 5. The van der Waals surface area contributed by atoms with E-state index in [9.17, 15) is 25.2 Å².